The first-order valence-corrected chi connectivity index (χ1v) is 13.9. The molecular weight excluding hydrogens is 482 g/mol. The molecule has 2 N–H and O–H groups in total. The second-order valence-electron chi connectivity index (χ2n) is 8.51. The standard InChI is InChI=1S/C21H26Cl4N2O2Si/c1-21(2,3)30(4,5)29-7-6-17-18(25)11-15(24)12-19(17)27-20(28)26-16-9-13(22)8-14(23)10-16/h8-12H,6-7H2,1-5H3,(H2,26,27,28). The van der Waals surface area contributed by atoms with E-state index in [-0.39, 0.29) is 5.04 Å². The molecule has 0 unspecified atom stereocenters. The topological polar surface area (TPSA) is 50.4 Å². The van der Waals surface area contributed by atoms with Gasteiger partial charge in [-0.15, -0.1) is 0 Å². The Bertz CT molecular complexity index is 910. The molecule has 2 aromatic rings. The zero-order valence-electron chi connectivity index (χ0n) is 17.6. The summed E-state index contributed by atoms with van der Waals surface area (Å²) in [5, 5.41) is 7.37. The van der Waals surface area contributed by atoms with E-state index in [9.17, 15) is 4.79 Å². The summed E-state index contributed by atoms with van der Waals surface area (Å²) in [6.45, 7) is 11.5. The fraction of sp³-hybridized carbons (Fsp3) is 0.381. The molecular formula is C21H26Cl4N2O2Si. The number of hydrogen-bond donors (Lipinski definition) is 2. The summed E-state index contributed by atoms with van der Waals surface area (Å²) >= 11 is 24.6. The van der Waals surface area contributed by atoms with Crippen LogP contribution < -0.4 is 10.6 Å². The fourth-order valence-electron chi connectivity index (χ4n) is 2.50. The number of carbonyl (C=O) groups is 1. The van der Waals surface area contributed by atoms with Gasteiger partial charge >= 0.3 is 6.03 Å². The zero-order valence-corrected chi connectivity index (χ0v) is 21.7. The van der Waals surface area contributed by atoms with Crippen molar-refractivity contribution < 1.29 is 9.22 Å². The van der Waals surface area contributed by atoms with Crippen LogP contribution in [0, 0.1) is 0 Å². The van der Waals surface area contributed by atoms with Crippen molar-refractivity contribution in [1.29, 1.82) is 0 Å². The number of nitrogens with one attached hydrogen (secondary N) is 2. The van der Waals surface area contributed by atoms with E-state index in [1.54, 1.807) is 30.3 Å². The Balaban J connectivity index is 2.14. The largest absolute Gasteiger partial charge is 0.416 e. The van der Waals surface area contributed by atoms with Gasteiger partial charge in [-0.25, -0.2) is 4.79 Å². The lowest BCUT2D eigenvalue weighted by atomic mass is 10.1. The molecule has 0 spiro atoms. The highest BCUT2D eigenvalue weighted by Crippen LogP contribution is 2.37. The van der Waals surface area contributed by atoms with Crippen molar-refractivity contribution in [1.82, 2.24) is 0 Å². The zero-order chi connectivity index (χ0) is 22.7. The van der Waals surface area contributed by atoms with E-state index in [4.69, 9.17) is 50.8 Å². The first-order chi connectivity index (χ1) is 13.8. The first-order valence-electron chi connectivity index (χ1n) is 9.44. The number of rotatable bonds is 6. The summed E-state index contributed by atoms with van der Waals surface area (Å²) in [5.41, 5.74) is 1.76. The number of amides is 2. The third kappa shape index (κ3) is 7.04. The second kappa shape index (κ2) is 10.1. The van der Waals surface area contributed by atoms with Crippen molar-refractivity contribution in [2.24, 2.45) is 0 Å². The quantitative estimate of drug-likeness (QED) is 0.385. The van der Waals surface area contributed by atoms with Crippen molar-refractivity contribution in [3.05, 3.63) is 56.0 Å². The summed E-state index contributed by atoms with van der Waals surface area (Å²) in [5.74, 6) is 0. The van der Waals surface area contributed by atoms with Gasteiger partial charge in [0.15, 0.2) is 8.32 Å². The fourth-order valence-corrected chi connectivity index (χ4v) is 4.66. The summed E-state index contributed by atoms with van der Waals surface area (Å²) < 4.78 is 6.25. The van der Waals surface area contributed by atoms with Gasteiger partial charge in [0, 0.05) is 38.1 Å². The van der Waals surface area contributed by atoms with E-state index in [1.165, 1.54) is 0 Å². The highest BCUT2D eigenvalue weighted by molar-refractivity contribution is 6.74. The summed E-state index contributed by atoms with van der Waals surface area (Å²) in [6, 6.07) is 7.66. The van der Waals surface area contributed by atoms with Crippen LogP contribution in [0.1, 0.15) is 26.3 Å². The van der Waals surface area contributed by atoms with Gasteiger partial charge in [0.2, 0.25) is 0 Å². The average molecular weight is 508 g/mol. The molecule has 30 heavy (non-hydrogen) atoms. The lowest BCUT2D eigenvalue weighted by Crippen LogP contribution is -2.41. The molecule has 164 valence electrons. The maximum atomic E-state index is 12.5. The molecule has 0 atom stereocenters. The van der Waals surface area contributed by atoms with Crippen LogP contribution in [-0.4, -0.2) is 21.0 Å². The van der Waals surface area contributed by atoms with Crippen LogP contribution >= 0.6 is 46.4 Å². The second-order valence-corrected chi connectivity index (χ2v) is 15.0. The van der Waals surface area contributed by atoms with Crippen LogP contribution in [0.15, 0.2) is 30.3 Å². The number of urea groups is 1. The molecule has 0 heterocycles. The Morgan fingerprint density at radius 1 is 0.933 bits per heavy atom. The first kappa shape index (κ1) is 25.3. The number of anilines is 2. The minimum atomic E-state index is -1.89. The number of benzene rings is 2. The summed E-state index contributed by atoms with van der Waals surface area (Å²) in [7, 11) is -1.89. The molecule has 0 aliphatic carbocycles. The van der Waals surface area contributed by atoms with E-state index < -0.39 is 14.3 Å². The predicted molar refractivity (Wildman–Crippen MR) is 132 cm³/mol. The van der Waals surface area contributed by atoms with Crippen LogP contribution in [0.3, 0.4) is 0 Å². The highest BCUT2D eigenvalue weighted by Gasteiger charge is 2.36. The van der Waals surface area contributed by atoms with Gasteiger partial charge in [-0.2, -0.15) is 0 Å². The number of carbonyl (C=O) groups excluding carboxylic acids is 1. The summed E-state index contributed by atoms with van der Waals surface area (Å²) in [6.07, 6.45) is 0.543. The van der Waals surface area contributed by atoms with Gasteiger partial charge in [0.25, 0.3) is 0 Å². The molecule has 0 saturated heterocycles. The van der Waals surface area contributed by atoms with Crippen LogP contribution in [0.25, 0.3) is 0 Å². The van der Waals surface area contributed by atoms with Gasteiger partial charge in [-0.3, -0.25) is 0 Å². The Hall–Kier alpha value is -0.953. The highest BCUT2D eigenvalue weighted by atomic mass is 35.5. The van der Waals surface area contributed by atoms with Crippen LogP contribution in [-0.2, 0) is 10.8 Å². The van der Waals surface area contributed by atoms with E-state index in [2.05, 4.69) is 44.5 Å². The maximum absolute atomic E-state index is 12.5. The summed E-state index contributed by atoms with van der Waals surface area (Å²) in [4.78, 5) is 12.5. The van der Waals surface area contributed by atoms with Gasteiger partial charge in [-0.1, -0.05) is 67.2 Å². The molecule has 0 radical (unpaired) electrons. The third-order valence-electron chi connectivity index (χ3n) is 5.15. The smallest absolute Gasteiger partial charge is 0.323 e. The van der Waals surface area contributed by atoms with E-state index in [1.807, 2.05) is 0 Å². The molecule has 0 aliphatic rings. The minimum absolute atomic E-state index is 0.107. The van der Waals surface area contributed by atoms with E-state index >= 15 is 0 Å². The lowest BCUT2D eigenvalue weighted by molar-refractivity contribution is 0.262. The SMILES string of the molecule is CC(C)(C)[Si](C)(C)OCCc1c(Cl)cc(Cl)cc1NC(=O)Nc1cc(Cl)cc(Cl)c1. The van der Waals surface area contributed by atoms with Crippen molar-refractivity contribution >= 4 is 72.1 Å². The van der Waals surface area contributed by atoms with Gasteiger partial charge < -0.3 is 15.1 Å². The molecule has 0 aliphatic heterocycles. The van der Waals surface area contributed by atoms with Crippen LogP contribution in [0.4, 0.5) is 16.2 Å². The van der Waals surface area contributed by atoms with Crippen LogP contribution in [0.2, 0.25) is 38.2 Å². The van der Waals surface area contributed by atoms with Gasteiger partial charge in [-0.05, 0) is 60.4 Å². The molecule has 0 saturated carbocycles. The molecule has 0 fully saturated rings. The molecule has 9 heteroatoms. The predicted octanol–water partition coefficient (Wildman–Crippen LogP) is 8.51. The lowest BCUT2D eigenvalue weighted by Gasteiger charge is -2.36. The Labute approximate surface area is 199 Å². The minimum Gasteiger partial charge on any atom is -0.416 e. The molecule has 0 aromatic heterocycles. The normalized spacial score (nSPS) is 12.0. The third-order valence-corrected chi connectivity index (χ3v) is 10.7. The maximum Gasteiger partial charge on any atom is 0.323 e. The molecule has 2 amide bonds. The Kier molecular flexibility index (Phi) is 8.53. The molecule has 4 nitrogen and oxygen atoms in total. The van der Waals surface area contributed by atoms with Gasteiger partial charge in [0.1, 0.15) is 0 Å². The van der Waals surface area contributed by atoms with Crippen LogP contribution in [0.5, 0.6) is 0 Å². The molecule has 2 aromatic carbocycles. The number of halogens is 4. The van der Waals surface area contributed by atoms with Crippen molar-refractivity contribution in [3.8, 4) is 0 Å². The van der Waals surface area contributed by atoms with Gasteiger partial charge in [0.05, 0.1) is 0 Å². The Morgan fingerprint density at radius 2 is 1.50 bits per heavy atom. The molecule has 2 rings (SSSR count). The van der Waals surface area contributed by atoms with E-state index in [0.717, 1.165) is 5.56 Å². The monoisotopic (exact) mass is 506 g/mol. The number of hydrogen-bond acceptors (Lipinski definition) is 2. The van der Waals surface area contributed by atoms with Crippen molar-refractivity contribution in [2.75, 3.05) is 17.2 Å². The van der Waals surface area contributed by atoms with Crippen molar-refractivity contribution in [2.45, 2.75) is 45.3 Å². The Morgan fingerprint density at radius 3 is 2.07 bits per heavy atom. The molecule has 0 bridgehead atoms. The van der Waals surface area contributed by atoms with Crippen molar-refractivity contribution in [3.63, 3.8) is 0 Å². The average Bonchev–Trinajstić information content (AvgIpc) is 2.54. The van der Waals surface area contributed by atoms with E-state index in [0.29, 0.717) is 44.5 Å².